The topological polar surface area (TPSA) is 87.7 Å². The van der Waals surface area contributed by atoms with E-state index in [0.29, 0.717) is 12.2 Å². The van der Waals surface area contributed by atoms with Crippen molar-refractivity contribution in [3.05, 3.63) is 35.9 Å². The SMILES string of the molecule is CCCC(COC)NC(=O)N[C@H](C(=O)O)c1ccccc1. The predicted molar refractivity (Wildman–Crippen MR) is 79.1 cm³/mol. The fraction of sp³-hybridized carbons (Fsp3) is 0.467. The number of urea groups is 1. The van der Waals surface area contributed by atoms with Gasteiger partial charge in [-0.15, -0.1) is 0 Å². The van der Waals surface area contributed by atoms with Crippen molar-refractivity contribution in [2.45, 2.75) is 31.8 Å². The molecule has 21 heavy (non-hydrogen) atoms. The standard InChI is InChI=1S/C15H22N2O4/c1-3-7-12(10-21-2)16-15(20)17-13(14(18)19)11-8-5-4-6-9-11/h4-6,8-9,12-13H,3,7,10H2,1-2H3,(H,18,19)(H2,16,17,20)/t12?,13-/m0/s1. The lowest BCUT2D eigenvalue weighted by atomic mass is 10.1. The third-order valence-corrected chi connectivity index (χ3v) is 3.00. The van der Waals surface area contributed by atoms with Crippen LogP contribution in [0.5, 0.6) is 0 Å². The Morgan fingerprint density at radius 2 is 1.90 bits per heavy atom. The number of hydrogen-bond donors (Lipinski definition) is 3. The number of rotatable bonds is 8. The number of carbonyl (C=O) groups is 2. The van der Waals surface area contributed by atoms with Gasteiger partial charge in [-0.05, 0) is 12.0 Å². The zero-order valence-electron chi connectivity index (χ0n) is 12.3. The second-order valence-corrected chi connectivity index (χ2v) is 4.74. The van der Waals surface area contributed by atoms with E-state index in [1.165, 1.54) is 0 Å². The van der Waals surface area contributed by atoms with Gasteiger partial charge < -0.3 is 20.5 Å². The molecule has 0 spiro atoms. The van der Waals surface area contributed by atoms with Crippen LogP contribution in [0.3, 0.4) is 0 Å². The highest BCUT2D eigenvalue weighted by molar-refractivity contribution is 5.83. The van der Waals surface area contributed by atoms with Crippen molar-refractivity contribution in [3.8, 4) is 0 Å². The van der Waals surface area contributed by atoms with Crippen molar-refractivity contribution >= 4 is 12.0 Å². The molecule has 3 N–H and O–H groups in total. The molecule has 6 heteroatoms. The number of aliphatic carboxylic acids is 1. The molecule has 0 aliphatic heterocycles. The van der Waals surface area contributed by atoms with Gasteiger partial charge in [0.05, 0.1) is 12.6 Å². The molecule has 116 valence electrons. The summed E-state index contributed by atoms with van der Waals surface area (Å²) in [5.41, 5.74) is 0.527. The Balaban J connectivity index is 2.67. The van der Waals surface area contributed by atoms with Crippen molar-refractivity contribution in [1.82, 2.24) is 10.6 Å². The second-order valence-electron chi connectivity index (χ2n) is 4.74. The van der Waals surface area contributed by atoms with Crippen LogP contribution in [0.15, 0.2) is 30.3 Å². The number of carbonyl (C=O) groups excluding carboxylic acids is 1. The van der Waals surface area contributed by atoms with Crippen molar-refractivity contribution < 1.29 is 19.4 Å². The largest absolute Gasteiger partial charge is 0.479 e. The lowest BCUT2D eigenvalue weighted by Crippen LogP contribution is -2.46. The van der Waals surface area contributed by atoms with Crippen LogP contribution < -0.4 is 10.6 Å². The van der Waals surface area contributed by atoms with Gasteiger partial charge in [-0.25, -0.2) is 9.59 Å². The van der Waals surface area contributed by atoms with Gasteiger partial charge in [-0.1, -0.05) is 43.7 Å². The van der Waals surface area contributed by atoms with E-state index in [-0.39, 0.29) is 6.04 Å². The highest BCUT2D eigenvalue weighted by Gasteiger charge is 2.22. The zero-order chi connectivity index (χ0) is 15.7. The van der Waals surface area contributed by atoms with Gasteiger partial charge in [0.2, 0.25) is 0 Å². The summed E-state index contributed by atoms with van der Waals surface area (Å²) in [5, 5.41) is 14.5. The first-order valence-corrected chi connectivity index (χ1v) is 6.92. The molecule has 0 radical (unpaired) electrons. The molecule has 0 bridgehead atoms. The van der Waals surface area contributed by atoms with E-state index < -0.39 is 18.0 Å². The monoisotopic (exact) mass is 294 g/mol. The maximum absolute atomic E-state index is 12.0. The summed E-state index contributed by atoms with van der Waals surface area (Å²) in [7, 11) is 1.56. The molecule has 0 aromatic heterocycles. The normalized spacial score (nSPS) is 13.2. The van der Waals surface area contributed by atoms with E-state index >= 15 is 0 Å². The molecule has 6 nitrogen and oxygen atoms in total. The molecule has 1 aromatic rings. The van der Waals surface area contributed by atoms with Gasteiger partial charge in [-0.2, -0.15) is 0 Å². The number of ether oxygens (including phenoxy) is 1. The molecular formula is C15H22N2O4. The molecule has 0 saturated heterocycles. The summed E-state index contributed by atoms with van der Waals surface area (Å²) in [6, 6.07) is 6.86. The van der Waals surface area contributed by atoms with Crippen LogP contribution in [0.25, 0.3) is 0 Å². The third kappa shape index (κ3) is 5.83. The van der Waals surface area contributed by atoms with Crippen LogP contribution in [-0.2, 0) is 9.53 Å². The fourth-order valence-corrected chi connectivity index (χ4v) is 2.04. The van der Waals surface area contributed by atoms with Crippen molar-refractivity contribution in [2.24, 2.45) is 0 Å². The molecule has 0 fully saturated rings. The Morgan fingerprint density at radius 3 is 2.43 bits per heavy atom. The molecule has 0 heterocycles. The van der Waals surface area contributed by atoms with Crippen LogP contribution in [-0.4, -0.2) is 36.9 Å². The summed E-state index contributed by atoms with van der Waals surface area (Å²) in [4.78, 5) is 23.3. The van der Waals surface area contributed by atoms with Gasteiger partial charge >= 0.3 is 12.0 Å². The minimum Gasteiger partial charge on any atom is -0.479 e. The van der Waals surface area contributed by atoms with Crippen LogP contribution in [0.4, 0.5) is 4.79 Å². The predicted octanol–water partition coefficient (Wildman–Crippen LogP) is 1.93. The number of benzene rings is 1. The zero-order valence-corrected chi connectivity index (χ0v) is 12.3. The summed E-state index contributed by atoms with van der Waals surface area (Å²) in [6.45, 7) is 2.40. The second kappa shape index (κ2) is 8.97. The van der Waals surface area contributed by atoms with E-state index in [4.69, 9.17) is 4.74 Å². The summed E-state index contributed by atoms with van der Waals surface area (Å²) in [6.07, 6.45) is 1.67. The third-order valence-electron chi connectivity index (χ3n) is 3.00. The molecule has 2 atom stereocenters. The quantitative estimate of drug-likeness (QED) is 0.683. The van der Waals surface area contributed by atoms with Gasteiger partial charge in [0.25, 0.3) is 0 Å². The molecule has 0 aliphatic carbocycles. The Kier molecular flexibility index (Phi) is 7.25. The lowest BCUT2D eigenvalue weighted by molar-refractivity contribution is -0.139. The molecule has 0 saturated carbocycles. The summed E-state index contributed by atoms with van der Waals surface area (Å²) < 4.78 is 5.04. The number of amides is 2. The molecular weight excluding hydrogens is 272 g/mol. The van der Waals surface area contributed by atoms with E-state index in [2.05, 4.69) is 10.6 Å². The average Bonchev–Trinajstić information content (AvgIpc) is 2.46. The first kappa shape index (κ1) is 17.0. The molecule has 2 amide bonds. The highest BCUT2D eigenvalue weighted by Crippen LogP contribution is 2.12. The van der Waals surface area contributed by atoms with E-state index in [0.717, 1.165) is 12.8 Å². The Hall–Kier alpha value is -2.08. The van der Waals surface area contributed by atoms with Crippen LogP contribution in [0, 0.1) is 0 Å². The lowest BCUT2D eigenvalue weighted by Gasteiger charge is -2.20. The average molecular weight is 294 g/mol. The van der Waals surface area contributed by atoms with Crippen LogP contribution >= 0.6 is 0 Å². The minimum absolute atomic E-state index is 0.134. The smallest absolute Gasteiger partial charge is 0.330 e. The molecule has 1 aromatic carbocycles. The van der Waals surface area contributed by atoms with Crippen molar-refractivity contribution in [3.63, 3.8) is 0 Å². The Bertz CT molecular complexity index is 444. The first-order chi connectivity index (χ1) is 10.1. The maximum Gasteiger partial charge on any atom is 0.330 e. The number of nitrogens with one attached hydrogen (secondary N) is 2. The number of methoxy groups -OCH3 is 1. The first-order valence-electron chi connectivity index (χ1n) is 6.92. The van der Waals surface area contributed by atoms with Crippen LogP contribution in [0.2, 0.25) is 0 Å². The van der Waals surface area contributed by atoms with Crippen molar-refractivity contribution in [2.75, 3.05) is 13.7 Å². The fourth-order valence-electron chi connectivity index (χ4n) is 2.04. The summed E-state index contributed by atoms with van der Waals surface area (Å²) in [5.74, 6) is -1.10. The maximum atomic E-state index is 12.0. The highest BCUT2D eigenvalue weighted by atomic mass is 16.5. The minimum atomic E-state index is -1.10. The number of carboxylic acids is 1. The molecule has 0 aliphatic rings. The van der Waals surface area contributed by atoms with E-state index in [1.807, 2.05) is 6.92 Å². The van der Waals surface area contributed by atoms with Gasteiger partial charge in [-0.3, -0.25) is 0 Å². The van der Waals surface area contributed by atoms with Crippen LogP contribution in [0.1, 0.15) is 31.4 Å². The summed E-state index contributed by atoms with van der Waals surface area (Å²) >= 11 is 0. The van der Waals surface area contributed by atoms with Gasteiger partial charge in [0, 0.05) is 7.11 Å². The molecule has 1 unspecified atom stereocenters. The van der Waals surface area contributed by atoms with Gasteiger partial charge in [0.1, 0.15) is 0 Å². The van der Waals surface area contributed by atoms with Crippen molar-refractivity contribution in [1.29, 1.82) is 0 Å². The van der Waals surface area contributed by atoms with E-state index in [1.54, 1.807) is 37.4 Å². The molecule has 1 rings (SSSR count). The van der Waals surface area contributed by atoms with Gasteiger partial charge in [0.15, 0.2) is 6.04 Å². The van der Waals surface area contributed by atoms with E-state index in [9.17, 15) is 14.7 Å². The number of carboxylic acid groups (broad SMARTS) is 1. The Morgan fingerprint density at radius 1 is 1.24 bits per heavy atom. The number of hydrogen-bond acceptors (Lipinski definition) is 3. The Labute approximate surface area is 124 Å².